The van der Waals surface area contributed by atoms with Gasteiger partial charge < -0.3 is 9.47 Å². The van der Waals surface area contributed by atoms with Crippen molar-refractivity contribution >= 4 is 11.9 Å². The highest BCUT2D eigenvalue weighted by molar-refractivity contribution is 5.83. The monoisotopic (exact) mass is 364 g/mol. The van der Waals surface area contributed by atoms with E-state index in [4.69, 9.17) is 9.47 Å². The molecule has 0 amide bonds. The summed E-state index contributed by atoms with van der Waals surface area (Å²) >= 11 is 0. The fourth-order valence-corrected chi connectivity index (χ4v) is 6.65. The lowest BCUT2D eigenvalue weighted by Gasteiger charge is -2.35. The third-order valence-electron chi connectivity index (χ3n) is 8.10. The van der Waals surface area contributed by atoms with E-state index in [2.05, 4.69) is 13.8 Å². The molecule has 4 rings (SSSR count). The number of hydrogen-bond donors (Lipinski definition) is 0. The van der Waals surface area contributed by atoms with Crippen molar-refractivity contribution < 1.29 is 19.1 Å². The zero-order valence-electron chi connectivity index (χ0n) is 17.1. The molecule has 4 nitrogen and oxygen atoms in total. The van der Waals surface area contributed by atoms with Gasteiger partial charge in [-0.05, 0) is 67.1 Å². The maximum absolute atomic E-state index is 12.9. The quantitative estimate of drug-likeness (QED) is 0.697. The van der Waals surface area contributed by atoms with Gasteiger partial charge in [0.1, 0.15) is 0 Å². The van der Waals surface area contributed by atoms with Gasteiger partial charge in [0.25, 0.3) is 0 Å². The highest BCUT2D eigenvalue weighted by Crippen LogP contribution is 2.58. The lowest BCUT2D eigenvalue weighted by Crippen LogP contribution is -2.42. The van der Waals surface area contributed by atoms with Crippen molar-refractivity contribution in [1.29, 1.82) is 0 Å². The van der Waals surface area contributed by atoms with Gasteiger partial charge >= 0.3 is 11.9 Å². The van der Waals surface area contributed by atoms with E-state index < -0.39 is 0 Å². The summed E-state index contributed by atoms with van der Waals surface area (Å²) in [6.45, 7) is 8.99. The summed E-state index contributed by atoms with van der Waals surface area (Å²) in [7, 11) is 1.43. The molecule has 4 saturated carbocycles. The summed E-state index contributed by atoms with van der Waals surface area (Å²) < 4.78 is 10.8. The summed E-state index contributed by atoms with van der Waals surface area (Å²) in [4.78, 5) is 25.2. The Labute approximate surface area is 158 Å². The lowest BCUT2D eigenvalue weighted by atomic mass is 9.69. The summed E-state index contributed by atoms with van der Waals surface area (Å²) in [6, 6.07) is 0. The second-order valence-electron chi connectivity index (χ2n) is 8.92. The van der Waals surface area contributed by atoms with Gasteiger partial charge in [0.15, 0.2) is 0 Å². The molecular weight excluding hydrogens is 328 g/mol. The van der Waals surface area contributed by atoms with E-state index in [0.29, 0.717) is 24.4 Å². The number of esters is 2. The standard InChI is InChI=1S/C20H30O4.C2H6/c1-10-11(2)16-8-15(10)17(19(21)23-3)18(16)20(22)24-9-14-7-12-4-5-13(14)6-12;1-2/h10-18H,4-9H2,1-3H3;1-2H3. The van der Waals surface area contributed by atoms with Crippen molar-refractivity contribution in [3.63, 3.8) is 0 Å². The van der Waals surface area contributed by atoms with Crippen molar-refractivity contribution in [1.82, 2.24) is 0 Å². The summed E-state index contributed by atoms with van der Waals surface area (Å²) in [5.74, 6) is 2.76. The van der Waals surface area contributed by atoms with Gasteiger partial charge in [0.05, 0.1) is 25.6 Å². The van der Waals surface area contributed by atoms with Crippen LogP contribution in [0.25, 0.3) is 0 Å². The lowest BCUT2D eigenvalue weighted by molar-refractivity contribution is -0.165. The van der Waals surface area contributed by atoms with Crippen LogP contribution in [0.2, 0.25) is 0 Å². The van der Waals surface area contributed by atoms with Gasteiger partial charge in [-0.15, -0.1) is 0 Å². The van der Waals surface area contributed by atoms with Crippen LogP contribution < -0.4 is 0 Å². The van der Waals surface area contributed by atoms with Crippen LogP contribution in [0.1, 0.15) is 59.8 Å². The number of hydrogen-bond acceptors (Lipinski definition) is 4. The Morgan fingerprint density at radius 2 is 1.50 bits per heavy atom. The van der Waals surface area contributed by atoms with Crippen LogP contribution in [0.5, 0.6) is 0 Å². The van der Waals surface area contributed by atoms with Gasteiger partial charge in [-0.1, -0.05) is 34.1 Å². The second kappa shape index (κ2) is 7.90. The molecule has 4 aliphatic rings. The third-order valence-corrected chi connectivity index (χ3v) is 8.10. The van der Waals surface area contributed by atoms with Gasteiger partial charge in [0.2, 0.25) is 0 Å². The average molecular weight is 365 g/mol. The van der Waals surface area contributed by atoms with Crippen LogP contribution in [0.3, 0.4) is 0 Å². The molecule has 4 bridgehead atoms. The topological polar surface area (TPSA) is 52.6 Å². The molecule has 0 N–H and O–H groups in total. The Kier molecular flexibility index (Phi) is 5.98. The van der Waals surface area contributed by atoms with Crippen LogP contribution in [-0.4, -0.2) is 25.7 Å². The number of fused-ring (bicyclic) bond motifs is 4. The molecule has 4 heteroatoms. The molecule has 9 atom stereocenters. The first-order valence-electron chi connectivity index (χ1n) is 10.8. The third kappa shape index (κ3) is 3.18. The molecule has 0 aromatic carbocycles. The second-order valence-corrected chi connectivity index (χ2v) is 8.92. The zero-order valence-corrected chi connectivity index (χ0v) is 17.1. The highest BCUT2D eigenvalue weighted by Gasteiger charge is 2.60. The average Bonchev–Trinajstić information content (AvgIpc) is 3.42. The minimum Gasteiger partial charge on any atom is -0.469 e. The first-order valence-corrected chi connectivity index (χ1v) is 10.8. The molecule has 4 fully saturated rings. The Balaban J connectivity index is 0.000000948. The van der Waals surface area contributed by atoms with E-state index in [1.54, 1.807) is 0 Å². The summed E-state index contributed by atoms with van der Waals surface area (Å²) in [5.41, 5.74) is 0. The maximum Gasteiger partial charge on any atom is 0.310 e. The largest absolute Gasteiger partial charge is 0.469 e. The summed E-state index contributed by atoms with van der Waals surface area (Å²) in [5, 5.41) is 0. The van der Waals surface area contributed by atoms with E-state index in [0.717, 1.165) is 18.3 Å². The van der Waals surface area contributed by atoms with E-state index in [9.17, 15) is 9.59 Å². The fourth-order valence-electron chi connectivity index (χ4n) is 6.65. The molecule has 0 heterocycles. The fraction of sp³-hybridized carbons (Fsp3) is 0.909. The van der Waals surface area contributed by atoms with Crippen LogP contribution in [-0.2, 0) is 19.1 Å². The number of rotatable bonds is 4. The van der Waals surface area contributed by atoms with Crippen LogP contribution in [0.15, 0.2) is 0 Å². The van der Waals surface area contributed by atoms with Gasteiger partial charge in [-0.25, -0.2) is 0 Å². The Morgan fingerprint density at radius 3 is 2.00 bits per heavy atom. The number of ether oxygens (including phenoxy) is 2. The smallest absolute Gasteiger partial charge is 0.310 e. The van der Waals surface area contributed by atoms with E-state index in [1.165, 1.54) is 32.8 Å². The molecule has 4 aliphatic carbocycles. The molecule has 0 saturated heterocycles. The van der Waals surface area contributed by atoms with E-state index >= 15 is 0 Å². The Bertz CT molecular complexity index is 530. The van der Waals surface area contributed by atoms with Crippen LogP contribution in [0, 0.1) is 53.3 Å². The first kappa shape index (κ1) is 19.7. The minimum atomic E-state index is -0.293. The van der Waals surface area contributed by atoms with Crippen LogP contribution >= 0.6 is 0 Å². The summed E-state index contributed by atoms with van der Waals surface area (Å²) in [6.07, 6.45) is 6.19. The predicted octanol–water partition coefficient (Wildman–Crippen LogP) is 4.32. The molecule has 26 heavy (non-hydrogen) atoms. The normalized spacial score (nSPS) is 45.2. The van der Waals surface area contributed by atoms with Crippen molar-refractivity contribution in [3.8, 4) is 0 Å². The number of methoxy groups -OCH3 is 1. The maximum atomic E-state index is 12.9. The molecule has 0 aromatic heterocycles. The van der Waals surface area contributed by atoms with E-state index in [1.807, 2.05) is 13.8 Å². The number of carbonyl (C=O) groups is 2. The van der Waals surface area contributed by atoms with E-state index in [-0.39, 0.29) is 35.6 Å². The van der Waals surface area contributed by atoms with Gasteiger partial charge in [-0.3, -0.25) is 9.59 Å². The minimum absolute atomic E-state index is 0.139. The Morgan fingerprint density at radius 1 is 0.885 bits per heavy atom. The first-order chi connectivity index (χ1) is 12.5. The van der Waals surface area contributed by atoms with Crippen LogP contribution in [0.4, 0.5) is 0 Å². The molecule has 9 unspecified atom stereocenters. The predicted molar refractivity (Wildman–Crippen MR) is 100 cm³/mol. The number of carbonyl (C=O) groups excluding carboxylic acids is 2. The molecule has 0 aliphatic heterocycles. The Hall–Kier alpha value is -1.06. The molecule has 0 aromatic rings. The molecule has 0 radical (unpaired) electrons. The molecule has 148 valence electrons. The molecule has 0 spiro atoms. The van der Waals surface area contributed by atoms with Crippen molar-refractivity contribution in [2.24, 2.45) is 53.3 Å². The zero-order chi connectivity index (χ0) is 19.0. The SMILES string of the molecule is CC.COC(=O)C1C2CC(C(C)C2C)C1C(=O)OCC1CC2CCC1C2. The van der Waals surface area contributed by atoms with Crippen molar-refractivity contribution in [3.05, 3.63) is 0 Å². The van der Waals surface area contributed by atoms with Gasteiger partial charge in [0, 0.05) is 0 Å². The van der Waals surface area contributed by atoms with Crippen molar-refractivity contribution in [2.75, 3.05) is 13.7 Å². The molecular formula is C22H36O4. The highest BCUT2D eigenvalue weighted by atomic mass is 16.5. The van der Waals surface area contributed by atoms with Gasteiger partial charge in [-0.2, -0.15) is 0 Å². The van der Waals surface area contributed by atoms with Crippen molar-refractivity contribution in [2.45, 2.75) is 59.8 Å².